The second-order valence-electron chi connectivity index (χ2n) is 6.09. The number of piperazine rings is 1. The molecule has 0 aromatic heterocycles. The van der Waals surface area contributed by atoms with Crippen molar-refractivity contribution < 1.29 is 9.53 Å². The topological polar surface area (TPSA) is 59.8 Å². The third-order valence-electron chi connectivity index (χ3n) is 4.22. The summed E-state index contributed by atoms with van der Waals surface area (Å²) in [7, 11) is 0. The monoisotopic (exact) mass is 306 g/mol. The first kappa shape index (κ1) is 16.8. The Hall–Kier alpha value is -1.58. The van der Waals surface area contributed by atoms with E-state index in [9.17, 15) is 10.1 Å². The number of carbonyl (C=O) groups excluding carboxylic acids is 1. The van der Waals surface area contributed by atoms with Crippen LogP contribution in [0.1, 0.15) is 20.8 Å². The molecular formula is C16H26N4O2. The van der Waals surface area contributed by atoms with Crippen LogP contribution < -0.4 is 0 Å². The van der Waals surface area contributed by atoms with Crippen LogP contribution in [0, 0.1) is 11.3 Å². The maximum Gasteiger partial charge on any atom is 0.266 e. The first-order valence-corrected chi connectivity index (χ1v) is 8.06. The van der Waals surface area contributed by atoms with Crippen molar-refractivity contribution in [2.45, 2.75) is 33.0 Å². The van der Waals surface area contributed by atoms with Crippen molar-refractivity contribution in [3.8, 4) is 6.07 Å². The zero-order valence-corrected chi connectivity index (χ0v) is 13.8. The smallest absolute Gasteiger partial charge is 0.266 e. The summed E-state index contributed by atoms with van der Waals surface area (Å²) in [6.45, 7) is 11.9. The van der Waals surface area contributed by atoms with E-state index >= 15 is 0 Å². The number of hydrogen-bond donors (Lipinski definition) is 0. The fraction of sp³-hybridized carbons (Fsp3) is 0.750. The third kappa shape index (κ3) is 4.21. The SMILES string of the molecule is CCN1CCN(/C=C(/C#N)C(=O)N2CC(C)OC(C)C2)CC1. The Balaban J connectivity index is 2.00. The van der Waals surface area contributed by atoms with Gasteiger partial charge in [-0.25, -0.2) is 0 Å². The number of likely N-dealkylation sites (N-methyl/N-ethyl adjacent to an activating group) is 1. The molecule has 1 amide bonds. The lowest BCUT2D eigenvalue weighted by molar-refractivity contribution is -0.138. The standard InChI is InChI=1S/C16H26N4O2/c1-4-18-5-7-19(8-6-18)12-15(9-17)16(21)20-10-13(2)22-14(3)11-20/h12-14H,4-8,10-11H2,1-3H3/b15-12-. The van der Waals surface area contributed by atoms with Gasteiger partial charge in [-0.05, 0) is 20.4 Å². The molecule has 2 aliphatic heterocycles. The second-order valence-corrected chi connectivity index (χ2v) is 6.09. The predicted octanol–water partition coefficient (Wildman–Crippen LogP) is 0.667. The highest BCUT2D eigenvalue weighted by Gasteiger charge is 2.28. The van der Waals surface area contributed by atoms with Gasteiger partial charge in [0.25, 0.3) is 5.91 Å². The van der Waals surface area contributed by atoms with Gasteiger partial charge in [0.2, 0.25) is 0 Å². The van der Waals surface area contributed by atoms with Gasteiger partial charge in [0, 0.05) is 45.5 Å². The minimum atomic E-state index is -0.178. The van der Waals surface area contributed by atoms with E-state index in [1.54, 1.807) is 11.1 Å². The molecule has 122 valence electrons. The van der Waals surface area contributed by atoms with Gasteiger partial charge in [-0.2, -0.15) is 5.26 Å². The average Bonchev–Trinajstić information content (AvgIpc) is 2.51. The molecule has 6 nitrogen and oxygen atoms in total. The van der Waals surface area contributed by atoms with E-state index in [4.69, 9.17) is 4.74 Å². The lowest BCUT2D eigenvalue weighted by Gasteiger charge is -2.36. The number of carbonyl (C=O) groups is 1. The molecule has 2 fully saturated rings. The molecule has 0 aromatic carbocycles. The van der Waals surface area contributed by atoms with E-state index in [1.807, 2.05) is 13.8 Å². The molecule has 0 aromatic rings. The first-order valence-electron chi connectivity index (χ1n) is 8.06. The van der Waals surface area contributed by atoms with Crippen LogP contribution in [-0.2, 0) is 9.53 Å². The fourth-order valence-electron chi connectivity index (χ4n) is 3.04. The number of nitriles is 1. The normalized spacial score (nSPS) is 27.6. The molecule has 0 radical (unpaired) electrons. The van der Waals surface area contributed by atoms with Gasteiger partial charge in [0.05, 0.1) is 12.2 Å². The Kier molecular flexibility index (Phi) is 5.81. The van der Waals surface area contributed by atoms with E-state index in [0.29, 0.717) is 13.1 Å². The largest absolute Gasteiger partial charge is 0.374 e. The number of rotatable bonds is 3. The number of ether oxygens (including phenoxy) is 1. The Morgan fingerprint density at radius 2 is 1.82 bits per heavy atom. The Morgan fingerprint density at radius 3 is 2.32 bits per heavy atom. The molecule has 22 heavy (non-hydrogen) atoms. The maximum atomic E-state index is 12.6. The van der Waals surface area contributed by atoms with Crippen molar-refractivity contribution in [1.82, 2.24) is 14.7 Å². The molecule has 0 N–H and O–H groups in total. The van der Waals surface area contributed by atoms with Crippen LogP contribution in [0.25, 0.3) is 0 Å². The quantitative estimate of drug-likeness (QED) is 0.566. The fourth-order valence-corrected chi connectivity index (χ4v) is 3.04. The van der Waals surface area contributed by atoms with E-state index in [-0.39, 0.29) is 23.7 Å². The van der Waals surface area contributed by atoms with Crippen LogP contribution in [-0.4, -0.2) is 78.6 Å². The van der Waals surface area contributed by atoms with Crippen molar-refractivity contribution in [1.29, 1.82) is 5.26 Å². The number of morpholine rings is 1. The van der Waals surface area contributed by atoms with Gasteiger partial charge < -0.3 is 19.4 Å². The van der Waals surface area contributed by atoms with Crippen LogP contribution in [0.2, 0.25) is 0 Å². The lowest BCUT2D eigenvalue weighted by Crippen LogP contribution is -2.49. The molecule has 2 heterocycles. The molecule has 0 aliphatic carbocycles. The van der Waals surface area contributed by atoms with E-state index < -0.39 is 0 Å². The number of hydrogen-bond acceptors (Lipinski definition) is 5. The molecule has 2 saturated heterocycles. The van der Waals surface area contributed by atoms with Gasteiger partial charge >= 0.3 is 0 Å². The Morgan fingerprint density at radius 1 is 1.23 bits per heavy atom. The number of nitrogens with zero attached hydrogens (tertiary/aromatic N) is 4. The van der Waals surface area contributed by atoms with E-state index in [2.05, 4.69) is 22.8 Å². The van der Waals surface area contributed by atoms with Crippen LogP contribution in [0.4, 0.5) is 0 Å². The summed E-state index contributed by atoms with van der Waals surface area (Å²) in [5, 5.41) is 9.35. The average molecular weight is 306 g/mol. The summed E-state index contributed by atoms with van der Waals surface area (Å²) in [4.78, 5) is 18.7. The van der Waals surface area contributed by atoms with Crippen molar-refractivity contribution in [3.63, 3.8) is 0 Å². The highest BCUT2D eigenvalue weighted by Crippen LogP contribution is 2.14. The van der Waals surface area contributed by atoms with Crippen molar-refractivity contribution in [2.24, 2.45) is 0 Å². The summed E-state index contributed by atoms with van der Waals surface area (Å²) in [6.07, 6.45) is 1.77. The summed E-state index contributed by atoms with van der Waals surface area (Å²) >= 11 is 0. The highest BCUT2D eigenvalue weighted by atomic mass is 16.5. The molecule has 2 aliphatic rings. The van der Waals surface area contributed by atoms with Gasteiger partial charge in [-0.3, -0.25) is 4.79 Å². The Labute approximate surface area is 132 Å². The second kappa shape index (κ2) is 7.61. The zero-order valence-electron chi connectivity index (χ0n) is 13.8. The van der Waals surface area contributed by atoms with Crippen molar-refractivity contribution in [2.75, 3.05) is 45.8 Å². The van der Waals surface area contributed by atoms with Crippen LogP contribution in [0.5, 0.6) is 0 Å². The van der Waals surface area contributed by atoms with Gasteiger partial charge in [-0.15, -0.1) is 0 Å². The summed E-state index contributed by atoms with van der Waals surface area (Å²) in [5.74, 6) is -0.178. The summed E-state index contributed by atoms with van der Waals surface area (Å²) in [6, 6.07) is 2.08. The minimum absolute atomic E-state index is 0.0146. The minimum Gasteiger partial charge on any atom is -0.374 e. The molecule has 2 atom stereocenters. The third-order valence-corrected chi connectivity index (χ3v) is 4.22. The molecule has 2 rings (SSSR count). The predicted molar refractivity (Wildman–Crippen MR) is 84.0 cm³/mol. The molecular weight excluding hydrogens is 280 g/mol. The summed E-state index contributed by atoms with van der Waals surface area (Å²) < 4.78 is 5.64. The number of amides is 1. The van der Waals surface area contributed by atoms with Gasteiger partial charge in [0.1, 0.15) is 11.6 Å². The summed E-state index contributed by atoms with van der Waals surface area (Å²) in [5.41, 5.74) is 0.228. The van der Waals surface area contributed by atoms with Crippen LogP contribution in [0.3, 0.4) is 0 Å². The lowest BCUT2D eigenvalue weighted by atomic mass is 10.2. The molecule has 0 bridgehead atoms. The van der Waals surface area contributed by atoms with Crippen LogP contribution in [0.15, 0.2) is 11.8 Å². The van der Waals surface area contributed by atoms with Gasteiger partial charge in [0.15, 0.2) is 0 Å². The first-order chi connectivity index (χ1) is 10.5. The van der Waals surface area contributed by atoms with Crippen molar-refractivity contribution >= 4 is 5.91 Å². The van der Waals surface area contributed by atoms with E-state index in [0.717, 1.165) is 32.7 Å². The molecule has 6 heteroatoms. The Bertz CT molecular complexity index is 453. The highest BCUT2D eigenvalue weighted by molar-refractivity contribution is 5.97. The van der Waals surface area contributed by atoms with Gasteiger partial charge in [-0.1, -0.05) is 6.92 Å². The maximum absolute atomic E-state index is 12.6. The zero-order chi connectivity index (χ0) is 16.1. The van der Waals surface area contributed by atoms with Crippen LogP contribution >= 0.6 is 0 Å². The molecule has 2 unspecified atom stereocenters. The molecule has 0 saturated carbocycles. The molecule has 0 spiro atoms. The van der Waals surface area contributed by atoms with E-state index in [1.165, 1.54) is 0 Å². The van der Waals surface area contributed by atoms with Crippen molar-refractivity contribution in [3.05, 3.63) is 11.8 Å².